The fourth-order valence-electron chi connectivity index (χ4n) is 1.51. The number of piperazine rings is 1. The van der Waals surface area contributed by atoms with Gasteiger partial charge in [-0.1, -0.05) is 6.92 Å². The van der Waals surface area contributed by atoms with Crippen LogP contribution in [0, 0.1) is 6.92 Å². The lowest BCUT2D eigenvalue weighted by Gasteiger charge is -2.33. The number of amides is 1. The lowest BCUT2D eigenvalue weighted by molar-refractivity contribution is -0.130. The predicted molar refractivity (Wildman–Crippen MR) is 48.7 cm³/mol. The largest absolute Gasteiger partial charge is 0.340 e. The maximum atomic E-state index is 11.0. The minimum atomic E-state index is 0.198. The van der Waals surface area contributed by atoms with Crippen molar-refractivity contribution in [3.05, 3.63) is 6.92 Å². The van der Waals surface area contributed by atoms with Crippen LogP contribution in [0.2, 0.25) is 0 Å². The molecule has 1 saturated heterocycles. The lowest BCUT2D eigenvalue weighted by Crippen LogP contribution is -2.48. The van der Waals surface area contributed by atoms with Crippen LogP contribution < -0.4 is 0 Å². The van der Waals surface area contributed by atoms with E-state index in [1.165, 1.54) is 0 Å². The first-order valence-electron chi connectivity index (χ1n) is 4.51. The van der Waals surface area contributed by atoms with Gasteiger partial charge in [-0.05, 0) is 13.0 Å². The molecule has 0 N–H and O–H groups in total. The van der Waals surface area contributed by atoms with Crippen LogP contribution in [0.4, 0.5) is 0 Å². The molecule has 69 valence electrons. The highest BCUT2D eigenvalue weighted by atomic mass is 16.2. The molecule has 0 aliphatic carbocycles. The molecule has 0 aromatic rings. The van der Waals surface area contributed by atoms with Gasteiger partial charge in [-0.15, -0.1) is 0 Å². The third kappa shape index (κ3) is 2.48. The molecule has 1 aliphatic heterocycles. The average molecular weight is 169 g/mol. The number of carbonyl (C=O) groups excluding carboxylic acids is 1. The normalized spacial score (nSPS) is 19.7. The van der Waals surface area contributed by atoms with E-state index in [-0.39, 0.29) is 5.91 Å². The summed E-state index contributed by atoms with van der Waals surface area (Å²) in [5.41, 5.74) is 0. The maximum absolute atomic E-state index is 11.0. The van der Waals surface area contributed by atoms with E-state index in [9.17, 15) is 4.79 Å². The van der Waals surface area contributed by atoms with Gasteiger partial charge in [0, 0.05) is 33.1 Å². The molecule has 0 bridgehead atoms. The van der Waals surface area contributed by atoms with Gasteiger partial charge in [0.1, 0.15) is 0 Å². The zero-order valence-corrected chi connectivity index (χ0v) is 7.75. The molecule has 0 spiro atoms. The third-order valence-corrected chi connectivity index (χ3v) is 2.29. The van der Waals surface area contributed by atoms with E-state index < -0.39 is 0 Å². The van der Waals surface area contributed by atoms with Crippen LogP contribution in [0.25, 0.3) is 0 Å². The van der Waals surface area contributed by atoms with Crippen LogP contribution in [-0.4, -0.2) is 48.4 Å². The van der Waals surface area contributed by atoms with E-state index in [0.29, 0.717) is 0 Å². The Morgan fingerprint density at radius 3 is 2.33 bits per heavy atom. The summed E-state index contributed by atoms with van der Waals surface area (Å²) >= 11 is 0. The molecule has 1 rings (SSSR count). The average Bonchev–Trinajstić information content (AvgIpc) is 2.06. The van der Waals surface area contributed by atoms with Crippen LogP contribution in [0.15, 0.2) is 0 Å². The van der Waals surface area contributed by atoms with Crippen LogP contribution in [0.3, 0.4) is 0 Å². The summed E-state index contributed by atoms with van der Waals surface area (Å²) in [6.07, 6.45) is 0.958. The first-order valence-corrected chi connectivity index (χ1v) is 4.51. The van der Waals surface area contributed by atoms with Gasteiger partial charge in [-0.3, -0.25) is 9.69 Å². The van der Waals surface area contributed by atoms with Gasteiger partial charge >= 0.3 is 0 Å². The summed E-state index contributed by atoms with van der Waals surface area (Å²) in [7, 11) is 0. The Bertz CT molecular complexity index is 151. The van der Waals surface area contributed by atoms with Gasteiger partial charge in [0.2, 0.25) is 5.91 Å². The fraction of sp³-hybridized carbons (Fsp3) is 0.778. The summed E-state index contributed by atoms with van der Waals surface area (Å²) in [5, 5.41) is 0. The second kappa shape index (κ2) is 4.45. The molecule has 0 atom stereocenters. The Morgan fingerprint density at radius 1 is 1.33 bits per heavy atom. The summed E-state index contributed by atoms with van der Waals surface area (Å²) in [6, 6.07) is 0. The van der Waals surface area contributed by atoms with Crippen molar-refractivity contribution in [2.24, 2.45) is 0 Å². The van der Waals surface area contributed by atoms with Crippen molar-refractivity contribution in [1.29, 1.82) is 0 Å². The standard InChI is InChI=1S/C9H17N2O/c1-3-4-10-5-7-11(8-6-10)9(2)12/h1,3-8H2,2H3. The van der Waals surface area contributed by atoms with Gasteiger partial charge in [0.05, 0.1) is 0 Å². The topological polar surface area (TPSA) is 23.6 Å². The molecular formula is C9H17N2O. The third-order valence-electron chi connectivity index (χ3n) is 2.29. The first kappa shape index (κ1) is 9.52. The zero-order chi connectivity index (χ0) is 8.97. The highest BCUT2D eigenvalue weighted by Crippen LogP contribution is 2.01. The van der Waals surface area contributed by atoms with E-state index in [4.69, 9.17) is 0 Å². The van der Waals surface area contributed by atoms with E-state index in [1.54, 1.807) is 6.92 Å². The van der Waals surface area contributed by atoms with E-state index in [0.717, 1.165) is 39.1 Å². The summed E-state index contributed by atoms with van der Waals surface area (Å²) < 4.78 is 0. The van der Waals surface area contributed by atoms with Crippen LogP contribution >= 0.6 is 0 Å². The minimum absolute atomic E-state index is 0.198. The zero-order valence-electron chi connectivity index (χ0n) is 7.75. The highest BCUT2D eigenvalue weighted by molar-refractivity contribution is 5.73. The van der Waals surface area contributed by atoms with Gasteiger partial charge in [0.25, 0.3) is 0 Å². The van der Waals surface area contributed by atoms with Crippen molar-refractivity contribution in [3.63, 3.8) is 0 Å². The van der Waals surface area contributed by atoms with Crippen molar-refractivity contribution in [2.45, 2.75) is 13.3 Å². The molecule has 1 radical (unpaired) electrons. The molecule has 1 amide bonds. The minimum Gasteiger partial charge on any atom is -0.340 e. The molecular weight excluding hydrogens is 152 g/mol. The quantitative estimate of drug-likeness (QED) is 0.596. The molecule has 3 nitrogen and oxygen atoms in total. The second-order valence-corrected chi connectivity index (χ2v) is 3.20. The number of hydrogen-bond donors (Lipinski definition) is 0. The lowest BCUT2D eigenvalue weighted by atomic mass is 10.3. The number of hydrogen-bond acceptors (Lipinski definition) is 2. The molecule has 0 saturated carbocycles. The maximum Gasteiger partial charge on any atom is 0.219 e. The van der Waals surface area contributed by atoms with Gasteiger partial charge in [-0.25, -0.2) is 0 Å². The summed E-state index contributed by atoms with van der Waals surface area (Å²) in [4.78, 5) is 15.2. The highest BCUT2D eigenvalue weighted by Gasteiger charge is 2.16. The summed E-state index contributed by atoms with van der Waals surface area (Å²) in [6.45, 7) is 10.3. The molecule has 3 heteroatoms. The Kier molecular flexibility index (Phi) is 3.53. The Labute approximate surface area is 74.3 Å². The SMILES string of the molecule is [CH2]CCN1CCN(C(C)=O)CC1. The first-order chi connectivity index (χ1) is 5.74. The van der Waals surface area contributed by atoms with Crippen molar-refractivity contribution < 1.29 is 4.79 Å². The van der Waals surface area contributed by atoms with E-state index >= 15 is 0 Å². The van der Waals surface area contributed by atoms with Gasteiger partial charge in [-0.2, -0.15) is 0 Å². The molecule has 1 aliphatic rings. The Morgan fingerprint density at radius 2 is 1.92 bits per heavy atom. The monoisotopic (exact) mass is 169 g/mol. The predicted octanol–water partition coefficient (Wildman–Crippen LogP) is 0.375. The number of rotatable bonds is 2. The molecule has 0 aromatic heterocycles. The van der Waals surface area contributed by atoms with Gasteiger partial charge in [0.15, 0.2) is 0 Å². The van der Waals surface area contributed by atoms with Crippen molar-refractivity contribution in [2.75, 3.05) is 32.7 Å². The Hall–Kier alpha value is -0.570. The molecule has 1 heterocycles. The molecule has 0 unspecified atom stereocenters. The fourth-order valence-corrected chi connectivity index (χ4v) is 1.51. The van der Waals surface area contributed by atoms with Crippen molar-refractivity contribution in [1.82, 2.24) is 9.80 Å². The van der Waals surface area contributed by atoms with Gasteiger partial charge < -0.3 is 4.90 Å². The Balaban J connectivity index is 2.25. The van der Waals surface area contributed by atoms with E-state index in [1.807, 2.05) is 4.90 Å². The van der Waals surface area contributed by atoms with E-state index in [2.05, 4.69) is 11.8 Å². The van der Waals surface area contributed by atoms with Crippen LogP contribution in [0.1, 0.15) is 13.3 Å². The molecule has 0 aromatic carbocycles. The molecule has 12 heavy (non-hydrogen) atoms. The molecule has 1 fully saturated rings. The number of nitrogens with zero attached hydrogens (tertiary/aromatic N) is 2. The smallest absolute Gasteiger partial charge is 0.219 e. The second-order valence-electron chi connectivity index (χ2n) is 3.20. The van der Waals surface area contributed by atoms with Crippen LogP contribution in [0.5, 0.6) is 0 Å². The van der Waals surface area contributed by atoms with Crippen LogP contribution in [-0.2, 0) is 4.79 Å². The van der Waals surface area contributed by atoms with Crippen molar-refractivity contribution in [3.8, 4) is 0 Å². The number of carbonyl (C=O) groups is 1. The van der Waals surface area contributed by atoms with Crippen molar-refractivity contribution >= 4 is 5.91 Å². The summed E-state index contributed by atoms with van der Waals surface area (Å²) in [5.74, 6) is 0.198.